The van der Waals surface area contributed by atoms with Crippen molar-refractivity contribution in [2.45, 2.75) is 56.7 Å². The maximum absolute atomic E-state index is 12.4. The van der Waals surface area contributed by atoms with Crippen molar-refractivity contribution in [2.75, 3.05) is 4.90 Å². The van der Waals surface area contributed by atoms with Crippen molar-refractivity contribution in [1.82, 2.24) is 9.78 Å². The largest absolute Gasteiger partial charge is 0.366 e. The Labute approximate surface area is 168 Å². The molecule has 0 unspecified atom stereocenters. The summed E-state index contributed by atoms with van der Waals surface area (Å²) in [6.07, 6.45) is 7.64. The molecular weight excluding hydrogens is 383 g/mol. The second-order valence-electron chi connectivity index (χ2n) is 7.32. The lowest BCUT2D eigenvalue weighted by Gasteiger charge is -2.39. The highest BCUT2D eigenvalue weighted by atomic mass is 35.5. The summed E-state index contributed by atoms with van der Waals surface area (Å²) in [7, 11) is 0. The van der Waals surface area contributed by atoms with Gasteiger partial charge in [-0.2, -0.15) is 10.4 Å². The van der Waals surface area contributed by atoms with Gasteiger partial charge in [-0.1, -0.05) is 23.2 Å². The van der Waals surface area contributed by atoms with Crippen LogP contribution in [0.25, 0.3) is 0 Å². The third kappa shape index (κ3) is 3.69. The number of nitriles is 1. The molecule has 27 heavy (non-hydrogen) atoms. The first-order valence-corrected chi connectivity index (χ1v) is 10.1. The summed E-state index contributed by atoms with van der Waals surface area (Å²) < 4.78 is 1.49. The highest BCUT2D eigenvalue weighted by Crippen LogP contribution is 2.39. The van der Waals surface area contributed by atoms with Gasteiger partial charge in [0.1, 0.15) is 5.02 Å². The van der Waals surface area contributed by atoms with Crippen LogP contribution in [0.5, 0.6) is 0 Å². The molecule has 1 heterocycles. The maximum Gasteiger partial charge on any atom is 0.287 e. The zero-order valence-electron chi connectivity index (χ0n) is 14.8. The molecule has 4 rings (SSSR count). The first-order chi connectivity index (χ1) is 13.1. The number of anilines is 1. The lowest BCUT2D eigenvalue weighted by molar-refractivity contribution is 0.286. The van der Waals surface area contributed by atoms with Crippen molar-refractivity contribution in [3.05, 3.63) is 56.4 Å². The van der Waals surface area contributed by atoms with E-state index < -0.39 is 0 Å². The number of halogens is 2. The van der Waals surface area contributed by atoms with Crippen LogP contribution in [-0.2, 0) is 0 Å². The third-order valence-electron chi connectivity index (χ3n) is 5.54. The van der Waals surface area contributed by atoms with Crippen LogP contribution in [0.4, 0.5) is 5.69 Å². The van der Waals surface area contributed by atoms with Crippen molar-refractivity contribution in [1.29, 1.82) is 5.26 Å². The maximum atomic E-state index is 12.4. The average molecular weight is 403 g/mol. The Morgan fingerprint density at radius 1 is 1.04 bits per heavy atom. The van der Waals surface area contributed by atoms with Crippen LogP contribution in [0.3, 0.4) is 0 Å². The van der Waals surface area contributed by atoms with E-state index in [-0.39, 0.29) is 21.6 Å². The fourth-order valence-electron chi connectivity index (χ4n) is 4.05. The van der Waals surface area contributed by atoms with E-state index in [1.807, 2.05) is 24.3 Å². The van der Waals surface area contributed by atoms with Crippen LogP contribution >= 0.6 is 23.2 Å². The number of hydrogen-bond acceptors (Lipinski definition) is 4. The van der Waals surface area contributed by atoms with Gasteiger partial charge in [0.05, 0.1) is 28.9 Å². The molecular formula is C20H20Cl2N4O. The van der Waals surface area contributed by atoms with E-state index in [2.05, 4.69) is 16.1 Å². The Hall–Kier alpha value is -2.03. The van der Waals surface area contributed by atoms with Crippen molar-refractivity contribution in [3.8, 4) is 6.07 Å². The normalized spacial score (nSPS) is 22.3. The van der Waals surface area contributed by atoms with Gasteiger partial charge in [0, 0.05) is 17.8 Å². The molecule has 0 saturated heterocycles. The third-order valence-corrected chi connectivity index (χ3v) is 6.29. The fraction of sp³-hybridized carbons (Fsp3) is 0.450. The van der Waals surface area contributed by atoms with Crippen LogP contribution in [0.15, 0.2) is 35.3 Å². The Bertz CT molecular complexity index is 922. The van der Waals surface area contributed by atoms with E-state index in [0.717, 1.165) is 25.7 Å². The molecule has 140 valence electrons. The molecule has 0 bridgehead atoms. The monoisotopic (exact) mass is 402 g/mol. The molecule has 2 fully saturated rings. The summed E-state index contributed by atoms with van der Waals surface area (Å²) in [5.74, 6) is 0. The summed E-state index contributed by atoms with van der Waals surface area (Å²) in [5, 5.41) is 13.5. The molecule has 1 aromatic carbocycles. The van der Waals surface area contributed by atoms with Crippen molar-refractivity contribution >= 4 is 28.9 Å². The zero-order valence-corrected chi connectivity index (χ0v) is 16.3. The van der Waals surface area contributed by atoms with Gasteiger partial charge in [0.25, 0.3) is 5.56 Å². The van der Waals surface area contributed by atoms with Gasteiger partial charge in [-0.05, 0) is 62.8 Å². The van der Waals surface area contributed by atoms with Crippen molar-refractivity contribution in [3.63, 3.8) is 0 Å². The first-order valence-electron chi connectivity index (χ1n) is 9.30. The van der Waals surface area contributed by atoms with Gasteiger partial charge in [0.2, 0.25) is 0 Å². The number of benzene rings is 1. The van der Waals surface area contributed by atoms with Crippen molar-refractivity contribution in [2.24, 2.45) is 0 Å². The average Bonchev–Trinajstić information content (AvgIpc) is 3.53. The molecule has 2 aliphatic rings. The molecule has 0 amide bonds. The van der Waals surface area contributed by atoms with E-state index in [9.17, 15) is 4.79 Å². The van der Waals surface area contributed by atoms with Gasteiger partial charge in [0.15, 0.2) is 0 Å². The summed E-state index contributed by atoms with van der Waals surface area (Å²) in [6, 6.07) is 11.1. The van der Waals surface area contributed by atoms with Gasteiger partial charge in [-0.25, -0.2) is 4.68 Å². The second kappa shape index (κ2) is 7.53. The molecule has 0 spiro atoms. The van der Waals surface area contributed by atoms with Crippen LogP contribution in [0, 0.1) is 11.3 Å². The molecule has 7 heteroatoms. The fourth-order valence-corrected chi connectivity index (χ4v) is 4.31. The Kier molecular flexibility index (Phi) is 5.12. The minimum atomic E-state index is -0.307. The van der Waals surface area contributed by atoms with E-state index in [4.69, 9.17) is 28.5 Å². The summed E-state index contributed by atoms with van der Waals surface area (Å²) in [6.45, 7) is 0. The molecule has 0 aliphatic heterocycles. The van der Waals surface area contributed by atoms with Crippen LogP contribution in [0.1, 0.15) is 50.1 Å². The molecule has 2 saturated carbocycles. The predicted octanol–water partition coefficient (Wildman–Crippen LogP) is 4.57. The molecule has 0 radical (unpaired) electrons. The highest BCUT2D eigenvalue weighted by Gasteiger charge is 2.36. The number of hydrogen-bond donors (Lipinski definition) is 0. The SMILES string of the molecule is N#Cc1ccc(N(C2CC2)C2CCC(n3ncc(Cl)c(Cl)c3=O)CC2)cc1. The van der Waals surface area contributed by atoms with Crippen molar-refractivity contribution < 1.29 is 0 Å². The van der Waals surface area contributed by atoms with E-state index in [1.165, 1.54) is 29.4 Å². The molecule has 2 aromatic rings. The van der Waals surface area contributed by atoms with Gasteiger partial charge in [-0.15, -0.1) is 0 Å². The Balaban J connectivity index is 1.49. The Morgan fingerprint density at radius 2 is 1.63 bits per heavy atom. The number of aromatic nitrogens is 2. The highest BCUT2D eigenvalue weighted by molar-refractivity contribution is 6.41. The minimum absolute atomic E-state index is 0.0472. The van der Waals surface area contributed by atoms with Crippen LogP contribution in [0.2, 0.25) is 10.0 Å². The van der Waals surface area contributed by atoms with E-state index in [0.29, 0.717) is 17.6 Å². The van der Waals surface area contributed by atoms with Gasteiger partial charge in [-0.3, -0.25) is 4.79 Å². The second-order valence-corrected chi connectivity index (χ2v) is 8.10. The van der Waals surface area contributed by atoms with Gasteiger partial charge < -0.3 is 4.90 Å². The lowest BCUT2D eigenvalue weighted by Crippen LogP contribution is -2.41. The molecule has 5 nitrogen and oxygen atoms in total. The standard InChI is InChI=1S/C20H20Cl2N4O/c21-18-12-24-26(20(27)19(18)22)17-9-7-16(8-10-17)25(15-5-6-15)14-3-1-13(11-23)2-4-14/h1-4,12,15-17H,5-10H2. The first kappa shape index (κ1) is 18.3. The number of nitrogens with zero attached hydrogens (tertiary/aromatic N) is 4. The molecule has 0 atom stereocenters. The van der Waals surface area contributed by atoms with Crippen LogP contribution < -0.4 is 10.5 Å². The molecule has 2 aliphatic carbocycles. The van der Waals surface area contributed by atoms with Gasteiger partial charge >= 0.3 is 0 Å². The predicted molar refractivity (Wildman–Crippen MR) is 106 cm³/mol. The topological polar surface area (TPSA) is 61.9 Å². The zero-order chi connectivity index (χ0) is 19.0. The summed E-state index contributed by atoms with van der Waals surface area (Å²) in [4.78, 5) is 14.9. The minimum Gasteiger partial charge on any atom is -0.366 e. The lowest BCUT2D eigenvalue weighted by atomic mass is 9.89. The quantitative estimate of drug-likeness (QED) is 0.750. The summed E-state index contributed by atoms with van der Waals surface area (Å²) in [5.41, 5.74) is 1.56. The summed E-state index contributed by atoms with van der Waals surface area (Å²) >= 11 is 11.9. The van der Waals surface area contributed by atoms with E-state index >= 15 is 0 Å². The van der Waals surface area contributed by atoms with E-state index in [1.54, 1.807) is 0 Å². The van der Waals surface area contributed by atoms with Crippen LogP contribution in [-0.4, -0.2) is 21.9 Å². The Morgan fingerprint density at radius 3 is 2.19 bits per heavy atom. The molecule has 0 N–H and O–H groups in total. The molecule has 1 aromatic heterocycles. The number of rotatable bonds is 4. The smallest absolute Gasteiger partial charge is 0.287 e.